The molecule has 1 heterocycles. The molecule has 3 aromatic rings. The summed E-state index contributed by atoms with van der Waals surface area (Å²) in [6.07, 6.45) is 1.72. The summed E-state index contributed by atoms with van der Waals surface area (Å²) < 4.78 is 30.6. The quantitative estimate of drug-likeness (QED) is 0.420. The normalized spacial score (nSPS) is 18.6. The van der Waals surface area contributed by atoms with Crippen LogP contribution in [0.15, 0.2) is 54.6 Å². The van der Waals surface area contributed by atoms with Crippen molar-refractivity contribution >= 4 is 15.7 Å². The second-order valence-corrected chi connectivity index (χ2v) is 12.1. The molecular weight excluding hydrogens is 480 g/mol. The molecule has 1 aliphatic carbocycles. The highest BCUT2D eigenvalue weighted by molar-refractivity contribution is 7.90. The maximum atomic E-state index is 12.6. The zero-order valence-corrected chi connectivity index (χ0v) is 21.5. The van der Waals surface area contributed by atoms with Gasteiger partial charge >= 0.3 is 0 Å². The van der Waals surface area contributed by atoms with Gasteiger partial charge in [0, 0.05) is 12.2 Å². The first kappa shape index (κ1) is 25.9. The maximum Gasteiger partial charge on any atom is 0.240 e. The van der Waals surface area contributed by atoms with Gasteiger partial charge in [-0.2, -0.15) is 4.80 Å². The predicted octanol–water partition coefficient (Wildman–Crippen LogP) is 2.06. The number of aromatic nitrogens is 4. The molecule has 1 amide bonds. The van der Waals surface area contributed by atoms with Gasteiger partial charge in [0.05, 0.1) is 30.5 Å². The van der Waals surface area contributed by atoms with Crippen LogP contribution in [-0.4, -0.2) is 52.9 Å². The van der Waals surface area contributed by atoms with E-state index in [1.807, 2.05) is 54.6 Å². The van der Waals surface area contributed by atoms with Gasteiger partial charge in [0.1, 0.15) is 6.04 Å². The van der Waals surface area contributed by atoms with Gasteiger partial charge in [-0.1, -0.05) is 54.6 Å². The third kappa shape index (κ3) is 6.15. The number of benzene rings is 2. The van der Waals surface area contributed by atoms with Gasteiger partial charge < -0.3 is 15.8 Å². The minimum atomic E-state index is -3.25. The monoisotopic (exact) mass is 512 g/mol. The van der Waals surface area contributed by atoms with Crippen molar-refractivity contribution in [3.05, 3.63) is 77.1 Å². The first-order valence-electron chi connectivity index (χ1n) is 11.8. The molecule has 10 nitrogen and oxygen atoms in total. The third-order valence-electron chi connectivity index (χ3n) is 6.25. The van der Waals surface area contributed by atoms with Crippen LogP contribution in [-0.2, 0) is 32.5 Å². The summed E-state index contributed by atoms with van der Waals surface area (Å²) in [6.45, 7) is 4.09. The lowest BCUT2D eigenvalue weighted by atomic mass is 10.0. The molecule has 0 saturated carbocycles. The molecule has 3 N–H and O–H groups in total. The number of fused-ring (bicyclic) bond motifs is 1. The Morgan fingerprint density at radius 1 is 1.17 bits per heavy atom. The fourth-order valence-electron chi connectivity index (χ4n) is 4.33. The molecule has 0 radical (unpaired) electrons. The molecule has 2 aromatic carbocycles. The van der Waals surface area contributed by atoms with Gasteiger partial charge in [0.15, 0.2) is 15.7 Å². The average Bonchev–Trinajstić information content (AvgIpc) is 3.44. The molecule has 192 valence electrons. The highest BCUT2D eigenvalue weighted by Crippen LogP contribution is 2.44. The summed E-state index contributed by atoms with van der Waals surface area (Å²) in [6, 6.07) is 16.6. The van der Waals surface area contributed by atoms with Crippen LogP contribution in [0.3, 0.4) is 0 Å². The summed E-state index contributed by atoms with van der Waals surface area (Å²) in [5, 5.41) is 15.2. The van der Waals surface area contributed by atoms with Crippen molar-refractivity contribution in [1.82, 2.24) is 25.5 Å². The molecule has 0 bridgehead atoms. The summed E-state index contributed by atoms with van der Waals surface area (Å²) in [5.41, 5.74) is 7.68. The zero-order valence-electron chi connectivity index (χ0n) is 20.7. The number of nitrogens with two attached hydrogens (primary N) is 1. The van der Waals surface area contributed by atoms with Crippen LogP contribution < -0.4 is 11.1 Å². The maximum absolute atomic E-state index is 12.6. The molecule has 0 fully saturated rings. The van der Waals surface area contributed by atoms with Crippen molar-refractivity contribution in [2.45, 2.75) is 56.2 Å². The number of hydrogen-bond donors (Lipinski definition) is 2. The summed E-state index contributed by atoms with van der Waals surface area (Å²) in [5.74, 6) is -0.146. The highest BCUT2D eigenvalue weighted by Gasteiger charge is 2.37. The molecule has 3 atom stereocenters. The number of carbonyl (C=O) groups excluding carboxylic acids is 1. The number of carbonyl (C=O) groups is 1. The molecule has 4 rings (SSSR count). The lowest BCUT2D eigenvalue weighted by Crippen LogP contribution is -2.50. The van der Waals surface area contributed by atoms with Crippen LogP contribution in [0.2, 0.25) is 0 Å². The molecule has 2 unspecified atom stereocenters. The number of sulfone groups is 1. The smallest absolute Gasteiger partial charge is 0.240 e. The van der Waals surface area contributed by atoms with E-state index in [9.17, 15) is 13.2 Å². The van der Waals surface area contributed by atoms with Gasteiger partial charge in [-0.05, 0) is 42.2 Å². The largest absolute Gasteiger partial charge is 0.374 e. The Morgan fingerprint density at radius 3 is 2.50 bits per heavy atom. The number of nitrogens with one attached hydrogen (secondary N) is 1. The van der Waals surface area contributed by atoms with Gasteiger partial charge in [0.2, 0.25) is 5.91 Å². The Balaban J connectivity index is 1.49. The van der Waals surface area contributed by atoms with E-state index in [1.54, 1.807) is 13.8 Å². The van der Waals surface area contributed by atoms with E-state index in [4.69, 9.17) is 10.5 Å². The molecule has 0 saturated heterocycles. The van der Waals surface area contributed by atoms with Crippen LogP contribution in [0, 0.1) is 0 Å². The fourth-order valence-corrected chi connectivity index (χ4v) is 5.59. The first-order valence-corrected chi connectivity index (χ1v) is 13.7. The number of hydrogen-bond acceptors (Lipinski definition) is 8. The van der Waals surface area contributed by atoms with E-state index in [0.29, 0.717) is 25.4 Å². The lowest BCUT2D eigenvalue weighted by molar-refractivity contribution is -0.126. The van der Waals surface area contributed by atoms with E-state index in [0.717, 1.165) is 16.7 Å². The van der Waals surface area contributed by atoms with Crippen LogP contribution >= 0.6 is 0 Å². The minimum absolute atomic E-state index is 0.0756. The van der Waals surface area contributed by atoms with E-state index >= 15 is 0 Å². The minimum Gasteiger partial charge on any atom is -0.374 e. The van der Waals surface area contributed by atoms with Crippen molar-refractivity contribution in [1.29, 1.82) is 0 Å². The molecule has 1 aromatic heterocycles. The number of rotatable bonds is 10. The number of ether oxygens (including phenoxy) is 1. The average molecular weight is 513 g/mol. The number of amides is 1. The van der Waals surface area contributed by atoms with Crippen molar-refractivity contribution in [3.8, 4) is 0 Å². The summed E-state index contributed by atoms with van der Waals surface area (Å²) in [4.78, 5) is 14.1. The molecular formula is C25H32N6O4S. The van der Waals surface area contributed by atoms with Crippen molar-refractivity contribution in [3.63, 3.8) is 0 Å². The fraction of sp³-hybridized carbons (Fsp3) is 0.440. The molecule has 36 heavy (non-hydrogen) atoms. The lowest BCUT2D eigenvalue weighted by Gasteiger charge is -2.22. The number of nitrogens with zero attached hydrogens (tertiary/aromatic N) is 4. The van der Waals surface area contributed by atoms with E-state index < -0.39 is 26.7 Å². The molecule has 1 aliphatic rings. The van der Waals surface area contributed by atoms with Gasteiger partial charge in [0.25, 0.3) is 0 Å². The predicted molar refractivity (Wildman–Crippen MR) is 134 cm³/mol. The van der Waals surface area contributed by atoms with Crippen LogP contribution in [0.5, 0.6) is 0 Å². The Hall–Kier alpha value is -3.15. The zero-order chi connectivity index (χ0) is 25.9. The number of tetrazole rings is 1. The van der Waals surface area contributed by atoms with Crippen LogP contribution in [0.4, 0.5) is 0 Å². The molecule has 11 heteroatoms. The van der Waals surface area contributed by atoms with E-state index in [2.05, 4.69) is 20.7 Å². The second kappa shape index (κ2) is 10.5. The standard InChI is InChI=1S/C25H32N6O4S/c1-25(2,26)24(32)27-21(16-35-15-17-9-5-4-6-10-17)23-28-30-31(29-23)14-18-13-22(36(3,33)34)20-12-8-7-11-19(18)20/h4-12,18,21-22H,13-16,26H2,1-3H3,(H,27,32)/t18?,21-,22?/m1/s1. The van der Waals surface area contributed by atoms with E-state index in [-0.39, 0.29) is 18.4 Å². The van der Waals surface area contributed by atoms with E-state index in [1.165, 1.54) is 11.1 Å². The van der Waals surface area contributed by atoms with Gasteiger partial charge in [-0.15, -0.1) is 10.2 Å². The Bertz CT molecular complexity index is 1300. The summed E-state index contributed by atoms with van der Waals surface area (Å²) >= 11 is 0. The first-order chi connectivity index (χ1) is 17.0. The van der Waals surface area contributed by atoms with Crippen molar-refractivity contribution < 1.29 is 17.9 Å². The van der Waals surface area contributed by atoms with Crippen molar-refractivity contribution in [2.75, 3.05) is 12.9 Å². The van der Waals surface area contributed by atoms with Crippen molar-refractivity contribution in [2.24, 2.45) is 5.73 Å². The van der Waals surface area contributed by atoms with Gasteiger partial charge in [-0.25, -0.2) is 8.42 Å². The Labute approximate surface area is 211 Å². The van der Waals surface area contributed by atoms with Crippen LogP contribution in [0.25, 0.3) is 0 Å². The topological polar surface area (TPSA) is 142 Å². The van der Waals surface area contributed by atoms with Gasteiger partial charge in [-0.3, -0.25) is 4.79 Å². The van der Waals surface area contributed by atoms with Crippen LogP contribution in [0.1, 0.15) is 60.0 Å². The third-order valence-corrected chi connectivity index (χ3v) is 7.73. The molecule has 0 spiro atoms. The Kier molecular flexibility index (Phi) is 7.53. The summed E-state index contributed by atoms with van der Waals surface area (Å²) in [7, 11) is -3.25. The molecule has 0 aliphatic heterocycles. The SMILES string of the molecule is CC(C)(N)C(=O)N[C@H](COCc1ccccc1)c1nnn(CC2CC(S(C)(=O)=O)c3ccccc32)n1. The Morgan fingerprint density at radius 2 is 1.83 bits per heavy atom. The second-order valence-electron chi connectivity index (χ2n) is 9.83. The highest BCUT2D eigenvalue weighted by atomic mass is 32.2.